The first kappa shape index (κ1) is 20.1. The molecule has 0 amide bonds. The van der Waals surface area contributed by atoms with Crippen LogP contribution in [0.1, 0.15) is 37.3 Å². The summed E-state index contributed by atoms with van der Waals surface area (Å²) < 4.78 is 28.7. The Labute approximate surface area is 165 Å². The predicted molar refractivity (Wildman–Crippen MR) is 107 cm³/mol. The van der Waals surface area contributed by atoms with Crippen molar-refractivity contribution in [3.05, 3.63) is 53.6 Å². The van der Waals surface area contributed by atoms with Gasteiger partial charge in [-0.3, -0.25) is 4.79 Å². The molecule has 2 aromatic rings. The van der Waals surface area contributed by atoms with Crippen LogP contribution in [0.2, 0.25) is 0 Å². The zero-order chi connectivity index (χ0) is 20.3. The highest BCUT2D eigenvalue weighted by Gasteiger charge is 2.30. The number of sulfone groups is 1. The molecule has 0 saturated heterocycles. The van der Waals surface area contributed by atoms with Crippen molar-refractivity contribution in [2.45, 2.75) is 37.5 Å². The lowest BCUT2D eigenvalue weighted by Crippen LogP contribution is -2.19. The summed E-state index contributed by atoms with van der Waals surface area (Å²) in [6, 6.07) is 12.9. The Bertz CT molecular complexity index is 1010. The minimum Gasteiger partial charge on any atom is -0.407 e. The van der Waals surface area contributed by atoms with Crippen molar-refractivity contribution in [1.82, 2.24) is 0 Å². The number of ether oxygens (including phenoxy) is 1. The van der Waals surface area contributed by atoms with Crippen LogP contribution < -0.4 is 0 Å². The summed E-state index contributed by atoms with van der Waals surface area (Å²) in [6.45, 7) is 4.10. The number of nitrogens with zero attached hydrogens (tertiary/aromatic N) is 1. The molecule has 0 spiro atoms. The summed E-state index contributed by atoms with van der Waals surface area (Å²) in [6.07, 6.45) is 2.27. The van der Waals surface area contributed by atoms with E-state index in [4.69, 9.17) is 9.57 Å². The molecule has 2 aromatic carbocycles. The summed E-state index contributed by atoms with van der Waals surface area (Å²) >= 11 is 0. The first-order valence-electron chi connectivity index (χ1n) is 9.17. The lowest BCUT2D eigenvalue weighted by atomic mass is 9.90. The first-order valence-corrected chi connectivity index (χ1v) is 11.1. The molecule has 1 aliphatic rings. The second-order valence-electron chi connectivity index (χ2n) is 6.67. The first-order chi connectivity index (χ1) is 13.3. The highest BCUT2D eigenvalue weighted by molar-refractivity contribution is 7.90. The fourth-order valence-corrected chi connectivity index (χ4v) is 3.76. The van der Waals surface area contributed by atoms with Gasteiger partial charge in [-0.1, -0.05) is 43.3 Å². The molecule has 0 saturated carbocycles. The average Bonchev–Trinajstić information content (AvgIpc) is 3.14. The van der Waals surface area contributed by atoms with Gasteiger partial charge in [0.15, 0.2) is 9.84 Å². The van der Waals surface area contributed by atoms with Gasteiger partial charge in [0, 0.05) is 12.7 Å². The third-order valence-electron chi connectivity index (χ3n) is 4.72. The Balaban J connectivity index is 1.97. The van der Waals surface area contributed by atoms with E-state index in [1.165, 1.54) is 6.26 Å². The Hall–Kier alpha value is -2.67. The number of carbonyl (C=O) groups is 1. The highest BCUT2D eigenvalue weighted by Crippen LogP contribution is 2.32. The van der Waals surface area contributed by atoms with Crippen LogP contribution in [0.25, 0.3) is 11.1 Å². The van der Waals surface area contributed by atoms with Gasteiger partial charge < -0.3 is 9.57 Å². The van der Waals surface area contributed by atoms with Gasteiger partial charge in [0.25, 0.3) is 0 Å². The lowest BCUT2D eigenvalue weighted by Gasteiger charge is -2.16. The summed E-state index contributed by atoms with van der Waals surface area (Å²) in [5.41, 5.74) is 3.96. The van der Waals surface area contributed by atoms with Crippen molar-refractivity contribution in [2.75, 3.05) is 12.9 Å². The maximum atomic E-state index is 11.7. The molecular weight excluding hydrogens is 378 g/mol. The molecule has 1 atom stereocenters. The van der Waals surface area contributed by atoms with Crippen molar-refractivity contribution in [1.29, 1.82) is 0 Å². The molecule has 0 aliphatic carbocycles. The van der Waals surface area contributed by atoms with Gasteiger partial charge in [-0.2, -0.15) is 0 Å². The van der Waals surface area contributed by atoms with Crippen LogP contribution in [0, 0.1) is 0 Å². The van der Waals surface area contributed by atoms with Gasteiger partial charge >= 0.3 is 5.97 Å². The number of carbonyl (C=O) groups excluding carboxylic acids is 1. The number of rotatable bonds is 5. The minimum atomic E-state index is -3.24. The molecule has 1 aliphatic heterocycles. The highest BCUT2D eigenvalue weighted by atomic mass is 32.2. The Morgan fingerprint density at radius 3 is 2.43 bits per heavy atom. The Morgan fingerprint density at radius 1 is 1.14 bits per heavy atom. The molecule has 1 unspecified atom stereocenters. The Kier molecular flexibility index (Phi) is 5.84. The molecular formula is C21H23NO5S. The van der Waals surface area contributed by atoms with Crippen LogP contribution in [0.15, 0.2) is 52.5 Å². The number of benzene rings is 2. The van der Waals surface area contributed by atoms with Gasteiger partial charge in [-0.05, 0) is 46.9 Å². The van der Waals surface area contributed by atoms with E-state index in [0.717, 1.165) is 28.7 Å². The van der Waals surface area contributed by atoms with Crippen LogP contribution in [-0.2, 0) is 30.6 Å². The largest absolute Gasteiger partial charge is 0.407 e. The number of esters is 1. The van der Waals surface area contributed by atoms with Crippen molar-refractivity contribution < 1.29 is 22.8 Å². The molecule has 6 nitrogen and oxygen atoms in total. The molecule has 0 radical (unpaired) electrons. The van der Waals surface area contributed by atoms with Crippen LogP contribution in [0.4, 0.5) is 0 Å². The topological polar surface area (TPSA) is 82.0 Å². The normalized spacial score (nSPS) is 16.4. The maximum absolute atomic E-state index is 11.7. The van der Waals surface area contributed by atoms with Crippen molar-refractivity contribution in [3.63, 3.8) is 0 Å². The van der Waals surface area contributed by atoms with E-state index in [1.54, 1.807) is 31.2 Å². The molecule has 3 rings (SSSR count). The number of aryl methyl sites for hydroxylation is 1. The summed E-state index contributed by atoms with van der Waals surface area (Å²) in [5.74, 6) is -0.313. The maximum Gasteiger partial charge on any atom is 0.312 e. The number of oxime groups is 1. The van der Waals surface area contributed by atoms with E-state index in [1.807, 2.05) is 18.2 Å². The van der Waals surface area contributed by atoms with E-state index >= 15 is 0 Å². The van der Waals surface area contributed by atoms with Gasteiger partial charge in [0.05, 0.1) is 4.90 Å². The molecule has 1 heterocycles. The van der Waals surface area contributed by atoms with Gasteiger partial charge in [0.1, 0.15) is 12.5 Å². The fourth-order valence-electron chi connectivity index (χ4n) is 3.13. The summed E-state index contributed by atoms with van der Waals surface area (Å²) in [5, 5.41) is 3.90. The molecule has 7 heteroatoms. The molecule has 28 heavy (non-hydrogen) atoms. The van der Waals surface area contributed by atoms with Gasteiger partial charge in [0.2, 0.25) is 5.90 Å². The van der Waals surface area contributed by atoms with Gasteiger partial charge in [-0.15, -0.1) is 0 Å². The van der Waals surface area contributed by atoms with Crippen molar-refractivity contribution in [3.8, 4) is 11.1 Å². The summed E-state index contributed by atoms with van der Waals surface area (Å²) in [4.78, 5) is 17.2. The molecule has 0 aromatic heterocycles. The summed E-state index contributed by atoms with van der Waals surface area (Å²) in [7, 11) is -3.24. The van der Waals surface area contributed by atoms with Crippen LogP contribution in [0.5, 0.6) is 0 Å². The van der Waals surface area contributed by atoms with Crippen LogP contribution >= 0.6 is 0 Å². The smallest absolute Gasteiger partial charge is 0.312 e. The average molecular weight is 401 g/mol. The second kappa shape index (κ2) is 8.14. The molecule has 148 valence electrons. The van der Waals surface area contributed by atoms with E-state index in [0.29, 0.717) is 6.61 Å². The molecule has 0 N–H and O–H groups in total. The van der Waals surface area contributed by atoms with Crippen LogP contribution in [-0.4, -0.2) is 33.1 Å². The van der Waals surface area contributed by atoms with E-state index < -0.39 is 9.84 Å². The molecule has 0 fully saturated rings. The SMILES string of the molecule is CCC(=O)OC1=NOCC1c1cc(-c2ccc(S(C)(=O)=O)cc2)ccc1CC. The molecule has 0 bridgehead atoms. The second-order valence-corrected chi connectivity index (χ2v) is 8.68. The quantitative estimate of drug-likeness (QED) is 0.714. The number of hydrogen-bond donors (Lipinski definition) is 0. The van der Waals surface area contributed by atoms with Crippen molar-refractivity contribution in [2.24, 2.45) is 5.16 Å². The fraction of sp³-hybridized carbons (Fsp3) is 0.333. The monoisotopic (exact) mass is 401 g/mol. The zero-order valence-electron chi connectivity index (χ0n) is 16.1. The number of hydrogen-bond acceptors (Lipinski definition) is 6. The van der Waals surface area contributed by atoms with E-state index in [2.05, 4.69) is 12.1 Å². The minimum absolute atomic E-state index is 0.249. The van der Waals surface area contributed by atoms with E-state index in [-0.39, 0.29) is 29.1 Å². The lowest BCUT2D eigenvalue weighted by molar-refractivity contribution is -0.135. The van der Waals surface area contributed by atoms with Gasteiger partial charge in [-0.25, -0.2) is 8.42 Å². The zero-order valence-corrected chi connectivity index (χ0v) is 17.0. The van der Waals surface area contributed by atoms with Crippen LogP contribution in [0.3, 0.4) is 0 Å². The van der Waals surface area contributed by atoms with Crippen molar-refractivity contribution >= 4 is 21.7 Å². The van der Waals surface area contributed by atoms with E-state index in [9.17, 15) is 13.2 Å². The Morgan fingerprint density at radius 2 is 1.82 bits per heavy atom. The third kappa shape index (κ3) is 4.25. The third-order valence-corrected chi connectivity index (χ3v) is 5.85. The standard InChI is InChI=1S/C21H23NO5S/c1-4-14-6-7-16(15-8-10-17(11-9-15)28(3,24)25)12-18(14)19-13-26-22-21(19)27-20(23)5-2/h6-12,19H,4-5,13H2,1-3H3. The predicted octanol–water partition coefficient (Wildman–Crippen LogP) is 3.70.